The molecule has 16 nitrogen and oxygen atoms in total. The fourth-order valence-electron chi connectivity index (χ4n) is 4.65. The molecule has 0 aliphatic carbocycles. The number of hydrogen-bond donors (Lipinski definition) is 3. The Bertz CT molecular complexity index is 736. The lowest BCUT2D eigenvalue weighted by Crippen LogP contribution is -2.50. The van der Waals surface area contributed by atoms with Gasteiger partial charge in [0, 0.05) is 78.5 Å². The standard InChI is InChI=1S/C28H55N5O11/c1-40-26(37)22-30-6-4-29(20-25(36)21-33(12-16-43-18-14-34)13-17-44-19-15-35)5-7-31(23-27(38)41-2)9-11-32(10-8-30)24-28(39)42-3/h25,34-36H,4-24H2,1-3H3. The molecule has 0 aromatic rings. The summed E-state index contributed by atoms with van der Waals surface area (Å²) in [5.41, 5.74) is 0. The minimum Gasteiger partial charge on any atom is -0.468 e. The van der Waals surface area contributed by atoms with Crippen molar-refractivity contribution in [3.05, 3.63) is 0 Å². The van der Waals surface area contributed by atoms with E-state index in [1.54, 1.807) is 0 Å². The van der Waals surface area contributed by atoms with E-state index in [1.807, 2.05) is 19.6 Å². The highest BCUT2D eigenvalue weighted by atomic mass is 16.5. The first-order valence-electron chi connectivity index (χ1n) is 15.1. The fourth-order valence-corrected chi connectivity index (χ4v) is 4.65. The van der Waals surface area contributed by atoms with Gasteiger partial charge in [0.1, 0.15) is 0 Å². The maximum Gasteiger partial charge on any atom is 0.319 e. The van der Waals surface area contributed by atoms with Gasteiger partial charge in [0.2, 0.25) is 0 Å². The second-order valence-electron chi connectivity index (χ2n) is 10.5. The van der Waals surface area contributed by atoms with Gasteiger partial charge in [-0.2, -0.15) is 0 Å². The van der Waals surface area contributed by atoms with Crippen LogP contribution in [0.15, 0.2) is 0 Å². The van der Waals surface area contributed by atoms with E-state index in [0.717, 1.165) is 0 Å². The van der Waals surface area contributed by atoms with Gasteiger partial charge in [0.15, 0.2) is 0 Å². The Labute approximate surface area is 261 Å². The fraction of sp³-hybridized carbons (Fsp3) is 0.893. The third-order valence-electron chi connectivity index (χ3n) is 7.18. The summed E-state index contributed by atoms with van der Waals surface area (Å²) in [4.78, 5) is 46.4. The van der Waals surface area contributed by atoms with Crippen LogP contribution in [0.1, 0.15) is 0 Å². The Kier molecular flexibility index (Phi) is 23.0. The predicted octanol–water partition coefficient (Wildman–Crippen LogP) is -3.59. The van der Waals surface area contributed by atoms with Crippen molar-refractivity contribution in [2.45, 2.75) is 6.10 Å². The third-order valence-corrected chi connectivity index (χ3v) is 7.18. The summed E-state index contributed by atoms with van der Waals surface area (Å²) in [6, 6.07) is 0. The maximum atomic E-state index is 12.2. The number of aliphatic hydroxyl groups excluding tert-OH is 3. The number of nitrogens with zero attached hydrogens (tertiary/aromatic N) is 5. The Balaban J connectivity index is 3.01. The van der Waals surface area contributed by atoms with Crippen molar-refractivity contribution in [3.63, 3.8) is 0 Å². The number of methoxy groups -OCH3 is 3. The van der Waals surface area contributed by atoms with Crippen LogP contribution in [0.25, 0.3) is 0 Å². The first-order chi connectivity index (χ1) is 21.2. The molecule has 0 radical (unpaired) electrons. The Morgan fingerprint density at radius 3 is 1.27 bits per heavy atom. The van der Waals surface area contributed by atoms with Gasteiger partial charge >= 0.3 is 17.9 Å². The number of hydrogen-bond acceptors (Lipinski definition) is 16. The zero-order valence-corrected chi connectivity index (χ0v) is 26.8. The topological polar surface area (TPSA) is 174 Å². The van der Waals surface area contributed by atoms with Crippen molar-refractivity contribution in [2.75, 3.05) is 159 Å². The summed E-state index contributed by atoms with van der Waals surface area (Å²) in [6.45, 7) is 7.18. The van der Waals surface area contributed by atoms with E-state index in [0.29, 0.717) is 91.8 Å². The van der Waals surface area contributed by atoms with Crippen LogP contribution >= 0.6 is 0 Å². The van der Waals surface area contributed by atoms with Crippen LogP contribution in [0.3, 0.4) is 0 Å². The van der Waals surface area contributed by atoms with Crippen molar-refractivity contribution in [1.82, 2.24) is 24.5 Å². The van der Waals surface area contributed by atoms with Gasteiger partial charge < -0.3 is 39.0 Å². The minimum absolute atomic E-state index is 0.0689. The molecule has 44 heavy (non-hydrogen) atoms. The maximum absolute atomic E-state index is 12.2. The molecule has 1 aliphatic rings. The number of ether oxygens (including phenoxy) is 5. The summed E-state index contributed by atoms with van der Waals surface area (Å²) in [6.07, 6.45) is -0.725. The molecule has 16 heteroatoms. The molecule has 1 saturated heterocycles. The van der Waals surface area contributed by atoms with Gasteiger partial charge in [-0.05, 0) is 0 Å². The zero-order chi connectivity index (χ0) is 32.6. The van der Waals surface area contributed by atoms with Crippen molar-refractivity contribution in [3.8, 4) is 0 Å². The van der Waals surface area contributed by atoms with E-state index in [2.05, 4.69) is 4.90 Å². The Morgan fingerprint density at radius 1 is 0.614 bits per heavy atom. The molecule has 0 amide bonds. The van der Waals surface area contributed by atoms with Crippen molar-refractivity contribution < 1.29 is 53.4 Å². The molecule has 1 aliphatic heterocycles. The summed E-state index contributed by atoms with van der Waals surface area (Å²) in [5.74, 6) is -1.10. The number of aliphatic hydroxyl groups is 3. The predicted molar refractivity (Wildman–Crippen MR) is 160 cm³/mol. The summed E-state index contributed by atoms with van der Waals surface area (Å²) in [7, 11) is 4.03. The lowest BCUT2D eigenvalue weighted by molar-refractivity contribution is -0.144. The Hall–Kier alpha value is -1.99. The van der Waals surface area contributed by atoms with Gasteiger partial charge in [-0.3, -0.25) is 38.9 Å². The number of rotatable bonds is 20. The van der Waals surface area contributed by atoms with Crippen molar-refractivity contribution in [1.29, 1.82) is 0 Å². The number of carbonyl (C=O) groups excluding carboxylic acids is 3. The zero-order valence-electron chi connectivity index (χ0n) is 26.8. The van der Waals surface area contributed by atoms with E-state index in [4.69, 9.17) is 33.9 Å². The first-order valence-corrected chi connectivity index (χ1v) is 15.1. The molecular weight excluding hydrogens is 582 g/mol. The molecule has 1 heterocycles. The molecule has 258 valence electrons. The van der Waals surface area contributed by atoms with E-state index in [9.17, 15) is 19.5 Å². The van der Waals surface area contributed by atoms with Gasteiger partial charge in [0.05, 0.1) is 86.7 Å². The Morgan fingerprint density at radius 2 is 0.955 bits per heavy atom. The lowest BCUT2D eigenvalue weighted by atomic mass is 10.2. The van der Waals surface area contributed by atoms with Gasteiger partial charge in [-0.15, -0.1) is 0 Å². The molecule has 1 atom stereocenters. The van der Waals surface area contributed by atoms with Crippen LogP contribution in [0.5, 0.6) is 0 Å². The smallest absolute Gasteiger partial charge is 0.319 e. The molecule has 1 unspecified atom stereocenters. The summed E-state index contributed by atoms with van der Waals surface area (Å²) in [5, 5.41) is 29.1. The van der Waals surface area contributed by atoms with Crippen LogP contribution < -0.4 is 0 Å². The molecule has 1 rings (SSSR count). The van der Waals surface area contributed by atoms with Crippen LogP contribution in [0.2, 0.25) is 0 Å². The van der Waals surface area contributed by atoms with Crippen LogP contribution in [0, 0.1) is 0 Å². The molecule has 0 saturated carbocycles. The average molecular weight is 638 g/mol. The van der Waals surface area contributed by atoms with E-state index >= 15 is 0 Å². The molecule has 0 aromatic carbocycles. The molecular formula is C28H55N5O11. The average Bonchev–Trinajstić information content (AvgIpc) is 3.01. The van der Waals surface area contributed by atoms with Crippen LogP contribution in [-0.4, -0.2) is 223 Å². The minimum atomic E-state index is -0.725. The summed E-state index contributed by atoms with van der Waals surface area (Å²) < 4.78 is 25.5. The van der Waals surface area contributed by atoms with Gasteiger partial charge in [-0.25, -0.2) is 0 Å². The normalized spacial score (nSPS) is 17.5. The first kappa shape index (κ1) is 40.0. The SMILES string of the molecule is COC(=O)CN1CCN(CC(=O)OC)CCN(CC(O)CN(CCOCCO)CCOCCO)CCN(CC(=O)OC)CC1. The van der Waals surface area contributed by atoms with E-state index < -0.39 is 6.10 Å². The number of β-amino-alcohol motifs (C(OH)–C–C–N with tert-alkyl or cyclic N) is 1. The number of carbonyl (C=O) groups is 3. The van der Waals surface area contributed by atoms with Crippen molar-refractivity contribution in [2.24, 2.45) is 0 Å². The highest BCUT2D eigenvalue weighted by Crippen LogP contribution is 2.05. The quantitative estimate of drug-likeness (QED) is 0.0678. The molecule has 0 bridgehead atoms. The molecule has 0 aromatic heterocycles. The van der Waals surface area contributed by atoms with Gasteiger partial charge in [-0.1, -0.05) is 0 Å². The summed E-state index contributed by atoms with van der Waals surface area (Å²) >= 11 is 0. The second-order valence-corrected chi connectivity index (χ2v) is 10.5. The van der Waals surface area contributed by atoms with Gasteiger partial charge in [0.25, 0.3) is 0 Å². The van der Waals surface area contributed by atoms with Crippen LogP contribution in [-0.2, 0) is 38.1 Å². The largest absolute Gasteiger partial charge is 0.468 e. The highest BCUT2D eigenvalue weighted by molar-refractivity contribution is 5.72. The highest BCUT2D eigenvalue weighted by Gasteiger charge is 2.22. The van der Waals surface area contributed by atoms with E-state index in [-0.39, 0.29) is 64.0 Å². The molecule has 1 fully saturated rings. The third kappa shape index (κ3) is 19.4. The van der Waals surface area contributed by atoms with E-state index in [1.165, 1.54) is 21.3 Å². The second kappa shape index (κ2) is 25.2. The lowest BCUT2D eigenvalue weighted by Gasteiger charge is -2.34. The molecule has 0 spiro atoms. The monoisotopic (exact) mass is 637 g/mol. The van der Waals surface area contributed by atoms with Crippen molar-refractivity contribution >= 4 is 17.9 Å². The number of esters is 3. The molecule has 3 N–H and O–H groups in total. The van der Waals surface area contributed by atoms with Crippen LogP contribution in [0.4, 0.5) is 0 Å².